The predicted octanol–water partition coefficient (Wildman–Crippen LogP) is 2.76. The van der Waals surface area contributed by atoms with Crippen molar-refractivity contribution in [1.29, 1.82) is 0 Å². The molecule has 0 aliphatic carbocycles. The van der Waals surface area contributed by atoms with E-state index in [0.717, 1.165) is 24.5 Å². The third-order valence-electron chi connectivity index (χ3n) is 2.85. The first-order valence-electron chi connectivity index (χ1n) is 6.19. The lowest BCUT2D eigenvalue weighted by Crippen LogP contribution is -2.31. The molecule has 1 aromatic heterocycles. The van der Waals surface area contributed by atoms with Gasteiger partial charge in [-0.1, -0.05) is 23.7 Å². The molecule has 1 N–H and O–H groups in total. The van der Waals surface area contributed by atoms with E-state index in [1.165, 1.54) is 5.56 Å². The molecule has 0 spiro atoms. The van der Waals surface area contributed by atoms with Crippen LogP contribution in [0.3, 0.4) is 0 Å². The second-order valence-electron chi connectivity index (χ2n) is 4.45. The lowest BCUT2D eigenvalue weighted by molar-refractivity contribution is 0.493. The Balaban J connectivity index is 1.71. The SMILES string of the molecule is CC(Cc1ccc(Cl)cc1)NCCn1cccn1. The smallest absolute Gasteiger partial charge is 0.0534 e. The molecular formula is C14H18ClN3. The van der Waals surface area contributed by atoms with Crippen LogP contribution in [0, 0.1) is 0 Å². The van der Waals surface area contributed by atoms with Crippen LogP contribution in [0.2, 0.25) is 5.02 Å². The minimum Gasteiger partial charge on any atom is -0.312 e. The van der Waals surface area contributed by atoms with Crippen LogP contribution in [-0.4, -0.2) is 22.4 Å². The van der Waals surface area contributed by atoms with Crippen molar-refractivity contribution < 1.29 is 0 Å². The highest BCUT2D eigenvalue weighted by atomic mass is 35.5. The van der Waals surface area contributed by atoms with Crippen molar-refractivity contribution in [3.8, 4) is 0 Å². The fraction of sp³-hybridized carbons (Fsp3) is 0.357. The van der Waals surface area contributed by atoms with E-state index in [2.05, 4.69) is 29.5 Å². The Kier molecular flexibility index (Phi) is 4.79. The third-order valence-corrected chi connectivity index (χ3v) is 3.10. The first kappa shape index (κ1) is 13.1. The first-order valence-corrected chi connectivity index (χ1v) is 6.57. The number of hydrogen-bond donors (Lipinski definition) is 1. The van der Waals surface area contributed by atoms with Crippen molar-refractivity contribution in [2.45, 2.75) is 25.9 Å². The van der Waals surface area contributed by atoms with E-state index in [1.807, 2.05) is 29.1 Å². The molecule has 0 amide bonds. The Morgan fingerprint density at radius 3 is 2.78 bits per heavy atom. The van der Waals surface area contributed by atoms with Gasteiger partial charge in [-0.3, -0.25) is 4.68 Å². The number of benzene rings is 1. The predicted molar refractivity (Wildman–Crippen MR) is 74.8 cm³/mol. The fourth-order valence-corrected chi connectivity index (χ4v) is 2.03. The fourth-order valence-electron chi connectivity index (χ4n) is 1.90. The first-order chi connectivity index (χ1) is 8.74. The monoisotopic (exact) mass is 263 g/mol. The Bertz CT molecular complexity index is 450. The highest BCUT2D eigenvalue weighted by molar-refractivity contribution is 6.30. The number of rotatable bonds is 6. The Hall–Kier alpha value is -1.32. The zero-order valence-corrected chi connectivity index (χ0v) is 11.3. The summed E-state index contributed by atoms with van der Waals surface area (Å²) in [6.07, 6.45) is 4.79. The van der Waals surface area contributed by atoms with Crippen LogP contribution in [0.5, 0.6) is 0 Å². The Morgan fingerprint density at radius 2 is 2.11 bits per heavy atom. The van der Waals surface area contributed by atoms with E-state index >= 15 is 0 Å². The molecule has 0 saturated heterocycles. The molecule has 0 aliphatic rings. The lowest BCUT2D eigenvalue weighted by Gasteiger charge is -2.14. The summed E-state index contributed by atoms with van der Waals surface area (Å²) in [6, 6.07) is 10.4. The molecule has 1 atom stereocenters. The molecule has 0 bridgehead atoms. The summed E-state index contributed by atoms with van der Waals surface area (Å²) in [7, 11) is 0. The maximum Gasteiger partial charge on any atom is 0.0534 e. The number of hydrogen-bond acceptors (Lipinski definition) is 2. The summed E-state index contributed by atoms with van der Waals surface area (Å²) in [5.74, 6) is 0. The quantitative estimate of drug-likeness (QED) is 0.869. The van der Waals surface area contributed by atoms with E-state index in [4.69, 9.17) is 11.6 Å². The van der Waals surface area contributed by atoms with Gasteiger partial charge in [-0.15, -0.1) is 0 Å². The average molecular weight is 264 g/mol. The van der Waals surface area contributed by atoms with Crippen LogP contribution in [0.25, 0.3) is 0 Å². The maximum atomic E-state index is 5.86. The zero-order valence-electron chi connectivity index (χ0n) is 10.5. The number of halogens is 1. The summed E-state index contributed by atoms with van der Waals surface area (Å²) in [4.78, 5) is 0. The van der Waals surface area contributed by atoms with Crippen LogP contribution in [0.1, 0.15) is 12.5 Å². The van der Waals surface area contributed by atoms with Crippen molar-refractivity contribution in [2.75, 3.05) is 6.54 Å². The largest absolute Gasteiger partial charge is 0.312 e. The second kappa shape index (κ2) is 6.57. The number of nitrogens with zero attached hydrogens (tertiary/aromatic N) is 2. The van der Waals surface area contributed by atoms with Gasteiger partial charge in [0, 0.05) is 30.0 Å². The van der Waals surface area contributed by atoms with Gasteiger partial charge in [-0.05, 0) is 37.1 Å². The van der Waals surface area contributed by atoms with Crippen LogP contribution >= 0.6 is 11.6 Å². The van der Waals surface area contributed by atoms with Gasteiger partial charge < -0.3 is 5.32 Å². The van der Waals surface area contributed by atoms with Gasteiger partial charge in [0.2, 0.25) is 0 Å². The van der Waals surface area contributed by atoms with E-state index in [1.54, 1.807) is 6.20 Å². The summed E-state index contributed by atoms with van der Waals surface area (Å²) in [5.41, 5.74) is 1.30. The van der Waals surface area contributed by atoms with E-state index in [-0.39, 0.29) is 0 Å². The number of nitrogens with one attached hydrogen (secondary N) is 1. The summed E-state index contributed by atoms with van der Waals surface area (Å²) in [5, 5.41) is 8.45. The lowest BCUT2D eigenvalue weighted by atomic mass is 10.1. The number of aromatic nitrogens is 2. The zero-order chi connectivity index (χ0) is 12.8. The van der Waals surface area contributed by atoms with Gasteiger partial charge in [0.15, 0.2) is 0 Å². The van der Waals surface area contributed by atoms with Gasteiger partial charge in [0.05, 0.1) is 6.54 Å². The molecule has 3 nitrogen and oxygen atoms in total. The molecule has 1 heterocycles. The average Bonchev–Trinajstić information content (AvgIpc) is 2.85. The molecule has 0 radical (unpaired) electrons. The Labute approximate surface area is 113 Å². The van der Waals surface area contributed by atoms with Gasteiger partial charge >= 0.3 is 0 Å². The summed E-state index contributed by atoms with van der Waals surface area (Å²) < 4.78 is 1.93. The van der Waals surface area contributed by atoms with Crippen LogP contribution in [0.4, 0.5) is 0 Å². The molecule has 0 saturated carbocycles. The Morgan fingerprint density at radius 1 is 1.33 bits per heavy atom. The van der Waals surface area contributed by atoms with Gasteiger partial charge in [0.25, 0.3) is 0 Å². The maximum absolute atomic E-state index is 5.86. The summed E-state index contributed by atoms with van der Waals surface area (Å²) >= 11 is 5.86. The molecule has 96 valence electrons. The molecule has 0 aliphatic heterocycles. The van der Waals surface area contributed by atoms with Crippen molar-refractivity contribution >= 4 is 11.6 Å². The minimum absolute atomic E-state index is 0.446. The second-order valence-corrected chi connectivity index (χ2v) is 4.89. The van der Waals surface area contributed by atoms with E-state index in [9.17, 15) is 0 Å². The van der Waals surface area contributed by atoms with Gasteiger partial charge in [0.1, 0.15) is 0 Å². The van der Waals surface area contributed by atoms with Crippen LogP contribution in [-0.2, 0) is 13.0 Å². The molecule has 4 heteroatoms. The van der Waals surface area contributed by atoms with Crippen LogP contribution in [0.15, 0.2) is 42.7 Å². The van der Waals surface area contributed by atoms with Crippen molar-refractivity contribution in [2.24, 2.45) is 0 Å². The third kappa shape index (κ3) is 4.17. The highest BCUT2D eigenvalue weighted by Gasteiger charge is 2.02. The molecular weight excluding hydrogens is 246 g/mol. The van der Waals surface area contributed by atoms with Crippen molar-refractivity contribution in [3.63, 3.8) is 0 Å². The van der Waals surface area contributed by atoms with E-state index in [0.29, 0.717) is 6.04 Å². The molecule has 2 aromatic rings. The molecule has 1 aromatic carbocycles. The molecule has 18 heavy (non-hydrogen) atoms. The van der Waals surface area contributed by atoms with E-state index < -0.39 is 0 Å². The van der Waals surface area contributed by atoms with Gasteiger partial charge in [-0.2, -0.15) is 5.10 Å². The normalized spacial score (nSPS) is 12.6. The molecule has 2 rings (SSSR count). The van der Waals surface area contributed by atoms with Crippen molar-refractivity contribution in [3.05, 3.63) is 53.3 Å². The molecule has 0 fully saturated rings. The highest BCUT2D eigenvalue weighted by Crippen LogP contribution is 2.10. The molecule has 1 unspecified atom stereocenters. The van der Waals surface area contributed by atoms with Crippen molar-refractivity contribution in [1.82, 2.24) is 15.1 Å². The van der Waals surface area contributed by atoms with Gasteiger partial charge in [-0.25, -0.2) is 0 Å². The summed E-state index contributed by atoms with van der Waals surface area (Å²) in [6.45, 7) is 4.02. The minimum atomic E-state index is 0.446. The van der Waals surface area contributed by atoms with Crippen LogP contribution < -0.4 is 5.32 Å². The standard InChI is InChI=1S/C14H18ClN3/c1-12(11-13-3-5-14(15)6-4-13)16-8-10-18-9-2-7-17-18/h2-7,9,12,16H,8,10-11H2,1H3. The topological polar surface area (TPSA) is 29.9 Å².